The molecule has 0 fully saturated rings. The highest BCUT2D eigenvalue weighted by Gasteiger charge is 2.30. The first kappa shape index (κ1) is 15.2. The van der Waals surface area contributed by atoms with Crippen molar-refractivity contribution in [3.63, 3.8) is 0 Å². The van der Waals surface area contributed by atoms with E-state index in [1.54, 1.807) is 21.7 Å². The van der Waals surface area contributed by atoms with E-state index >= 15 is 0 Å². The van der Waals surface area contributed by atoms with E-state index in [1.807, 2.05) is 23.8 Å². The summed E-state index contributed by atoms with van der Waals surface area (Å²) in [7, 11) is -3.39. The van der Waals surface area contributed by atoms with Crippen molar-refractivity contribution in [1.82, 2.24) is 9.62 Å². The van der Waals surface area contributed by atoms with Crippen LogP contribution in [0.2, 0.25) is 0 Å². The molecule has 0 unspecified atom stereocenters. The molecule has 0 aliphatic carbocycles. The lowest BCUT2D eigenvalue weighted by Gasteiger charge is -2.26. The molecule has 1 aliphatic rings. The average molecular weight is 343 g/mol. The molecule has 3 rings (SSSR count). The number of hydrogen-bond acceptors (Lipinski definition) is 5. The zero-order valence-corrected chi connectivity index (χ0v) is 14.3. The molecule has 4 nitrogen and oxygen atoms in total. The van der Waals surface area contributed by atoms with Gasteiger partial charge in [0.15, 0.2) is 0 Å². The predicted octanol–water partition coefficient (Wildman–Crippen LogP) is 2.67. The minimum absolute atomic E-state index is 0.465. The Hall–Kier alpha value is -0.730. The van der Waals surface area contributed by atoms with Crippen LogP contribution in [0.3, 0.4) is 0 Å². The van der Waals surface area contributed by atoms with Gasteiger partial charge in [0.2, 0.25) is 10.0 Å². The molecule has 0 spiro atoms. The molecule has 7 heteroatoms. The van der Waals surface area contributed by atoms with Gasteiger partial charge in [-0.3, -0.25) is 0 Å². The Morgan fingerprint density at radius 3 is 2.90 bits per heavy atom. The van der Waals surface area contributed by atoms with Gasteiger partial charge in [0.05, 0.1) is 4.90 Å². The van der Waals surface area contributed by atoms with Gasteiger partial charge in [-0.25, -0.2) is 8.42 Å². The summed E-state index contributed by atoms with van der Waals surface area (Å²) in [5.74, 6) is 0. The first-order valence-corrected chi connectivity index (χ1v) is 10.2. The van der Waals surface area contributed by atoms with Crippen molar-refractivity contribution >= 4 is 32.7 Å². The lowest BCUT2D eigenvalue weighted by molar-refractivity contribution is 0.394. The van der Waals surface area contributed by atoms with Gasteiger partial charge in [-0.2, -0.15) is 4.31 Å². The lowest BCUT2D eigenvalue weighted by atomic mass is 10.1. The van der Waals surface area contributed by atoms with E-state index in [0.717, 1.165) is 23.4 Å². The minimum Gasteiger partial charge on any atom is -0.312 e. The number of rotatable bonds is 5. The molecule has 1 aliphatic heterocycles. The molecule has 0 saturated carbocycles. The van der Waals surface area contributed by atoms with E-state index < -0.39 is 10.0 Å². The summed E-state index contributed by atoms with van der Waals surface area (Å²) in [5.41, 5.74) is 1.15. The number of nitrogens with one attached hydrogen (secondary N) is 1. The average Bonchev–Trinajstić information content (AvgIpc) is 3.13. The largest absolute Gasteiger partial charge is 0.312 e. The number of nitrogens with zero attached hydrogens (tertiary/aromatic N) is 1. The zero-order valence-electron chi connectivity index (χ0n) is 11.8. The Kier molecular flexibility index (Phi) is 4.46. The summed E-state index contributed by atoms with van der Waals surface area (Å²) in [5, 5.41) is 7.11. The van der Waals surface area contributed by atoms with Gasteiger partial charge in [-0.15, -0.1) is 22.7 Å². The highest BCUT2D eigenvalue weighted by Crippen LogP contribution is 2.30. The van der Waals surface area contributed by atoms with Crippen LogP contribution in [0.4, 0.5) is 0 Å². The summed E-state index contributed by atoms with van der Waals surface area (Å²) in [4.78, 5) is 2.68. The Bertz CT molecular complexity index is 718. The van der Waals surface area contributed by atoms with Gasteiger partial charge in [0, 0.05) is 29.4 Å². The molecule has 1 N–H and O–H groups in total. The third kappa shape index (κ3) is 2.93. The van der Waals surface area contributed by atoms with Crippen molar-refractivity contribution < 1.29 is 8.42 Å². The van der Waals surface area contributed by atoms with Crippen LogP contribution >= 0.6 is 22.7 Å². The summed E-state index contributed by atoms with van der Waals surface area (Å²) < 4.78 is 27.4. The van der Waals surface area contributed by atoms with E-state index in [1.165, 1.54) is 16.2 Å². The number of fused-ring (bicyclic) bond motifs is 1. The van der Waals surface area contributed by atoms with Gasteiger partial charge >= 0.3 is 0 Å². The molecule has 2 aromatic heterocycles. The molecule has 21 heavy (non-hydrogen) atoms. The topological polar surface area (TPSA) is 49.4 Å². The van der Waals surface area contributed by atoms with Crippen molar-refractivity contribution in [1.29, 1.82) is 0 Å². The summed E-state index contributed by atoms with van der Waals surface area (Å²) >= 11 is 3.22. The Balaban J connectivity index is 1.86. The summed E-state index contributed by atoms with van der Waals surface area (Å²) in [6, 6.07) is 3.77. The van der Waals surface area contributed by atoms with Gasteiger partial charge in [0.25, 0.3) is 0 Å². The van der Waals surface area contributed by atoms with Crippen LogP contribution in [0.5, 0.6) is 0 Å². The van der Waals surface area contributed by atoms with Crippen molar-refractivity contribution in [3.05, 3.63) is 38.2 Å². The molecular formula is C14H18N2O2S3. The quantitative estimate of drug-likeness (QED) is 0.909. The Labute approximate surface area is 133 Å². The van der Waals surface area contributed by atoms with Gasteiger partial charge in [-0.1, -0.05) is 6.92 Å². The van der Waals surface area contributed by atoms with Gasteiger partial charge in [0.1, 0.15) is 0 Å². The van der Waals surface area contributed by atoms with Crippen molar-refractivity contribution in [2.24, 2.45) is 0 Å². The first-order chi connectivity index (χ1) is 10.1. The van der Waals surface area contributed by atoms with E-state index in [9.17, 15) is 8.42 Å². The fourth-order valence-corrected chi connectivity index (χ4v) is 6.19. The molecule has 0 atom stereocenters. The highest BCUT2D eigenvalue weighted by molar-refractivity contribution is 7.89. The molecule has 0 amide bonds. The maximum atomic E-state index is 12.9. The summed E-state index contributed by atoms with van der Waals surface area (Å²) in [6.07, 6.45) is 0.818. The van der Waals surface area contributed by atoms with Crippen LogP contribution in [-0.4, -0.2) is 25.8 Å². The fourth-order valence-electron chi connectivity index (χ4n) is 2.49. The van der Waals surface area contributed by atoms with Gasteiger partial charge < -0.3 is 5.32 Å². The highest BCUT2D eigenvalue weighted by atomic mass is 32.2. The molecule has 0 radical (unpaired) electrons. The maximum Gasteiger partial charge on any atom is 0.244 e. The second-order valence-corrected chi connectivity index (χ2v) is 8.85. The number of sulfonamides is 1. The third-order valence-corrected chi connectivity index (χ3v) is 7.63. The van der Waals surface area contributed by atoms with Crippen molar-refractivity contribution in [2.45, 2.75) is 31.3 Å². The molecule has 0 aromatic carbocycles. The smallest absolute Gasteiger partial charge is 0.244 e. The van der Waals surface area contributed by atoms with E-state index in [0.29, 0.717) is 24.5 Å². The second kappa shape index (κ2) is 6.18. The molecule has 0 bridgehead atoms. The predicted molar refractivity (Wildman–Crippen MR) is 87.3 cm³/mol. The Morgan fingerprint density at radius 1 is 1.29 bits per heavy atom. The normalized spacial score (nSPS) is 16.0. The van der Waals surface area contributed by atoms with Crippen LogP contribution in [0.25, 0.3) is 0 Å². The van der Waals surface area contributed by atoms with Crippen LogP contribution in [0.1, 0.15) is 22.2 Å². The summed E-state index contributed by atoms with van der Waals surface area (Å²) in [6.45, 7) is 4.54. The van der Waals surface area contributed by atoms with Crippen LogP contribution in [0, 0.1) is 0 Å². The van der Waals surface area contributed by atoms with E-state index in [4.69, 9.17) is 0 Å². The molecule has 3 heterocycles. The van der Waals surface area contributed by atoms with E-state index in [2.05, 4.69) is 5.32 Å². The standard InChI is InChI=1S/C14H18N2O2S3/c1-2-15-9-13-14(5-8-20-13)21(17,18)16-6-3-12-11(10-16)4-7-19-12/h4-5,7-8,15H,2-3,6,9-10H2,1H3. The number of hydrogen-bond donors (Lipinski definition) is 1. The monoisotopic (exact) mass is 342 g/mol. The van der Waals surface area contributed by atoms with Crippen LogP contribution in [0.15, 0.2) is 27.8 Å². The molecular weight excluding hydrogens is 324 g/mol. The molecule has 2 aromatic rings. The fraction of sp³-hybridized carbons (Fsp3) is 0.429. The number of thiophene rings is 2. The lowest BCUT2D eigenvalue weighted by Crippen LogP contribution is -2.35. The molecule has 0 saturated heterocycles. The van der Waals surface area contributed by atoms with Crippen LogP contribution in [-0.2, 0) is 29.5 Å². The molecule has 114 valence electrons. The first-order valence-electron chi connectivity index (χ1n) is 6.95. The van der Waals surface area contributed by atoms with E-state index in [-0.39, 0.29) is 0 Å². The van der Waals surface area contributed by atoms with Gasteiger partial charge in [-0.05, 0) is 41.4 Å². The SMILES string of the molecule is CCNCc1sccc1S(=O)(=O)N1CCc2sccc2C1. The van der Waals surface area contributed by atoms with Crippen molar-refractivity contribution in [3.8, 4) is 0 Å². The Morgan fingerprint density at radius 2 is 2.10 bits per heavy atom. The zero-order chi connectivity index (χ0) is 14.9. The minimum atomic E-state index is -3.39. The van der Waals surface area contributed by atoms with Crippen molar-refractivity contribution in [2.75, 3.05) is 13.1 Å². The van der Waals surface area contributed by atoms with Crippen LogP contribution < -0.4 is 5.32 Å². The third-order valence-electron chi connectivity index (χ3n) is 3.63. The maximum absolute atomic E-state index is 12.9. The second-order valence-electron chi connectivity index (χ2n) is 4.95.